The fourth-order valence-electron chi connectivity index (χ4n) is 2.20. The fraction of sp³-hybridized carbons (Fsp3) is 0.538. The molecule has 1 aromatic carbocycles. The molecule has 1 fully saturated rings. The van der Waals surface area contributed by atoms with Gasteiger partial charge >= 0.3 is 0 Å². The highest BCUT2D eigenvalue weighted by molar-refractivity contribution is 5.26. The van der Waals surface area contributed by atoms with Gasteiger partial charge in [0, 0.05) is 12.1 Å². The molecule has 1 heterocycles. The Labute approximate surface area is 104 Å². The Morgan fingerprint density at radius 3 is 2.39 bits per heavy atom. The summed E-state index contributed by atoms with van der Waals surface area (Å²) in [5, 5.41) is 3.22. The van der Waals surface area contributed by atoms with Crippen LogP contribution in [0.15, 0.2) is 12.1 Å². The maximum atomic E-state index is 13.4. The van der Waals surface area contributed by atoms with Crippen LogP contribution in [-0.2, 0) is 0 Å². The van der Waals surface area contributed by atoms with Crippen LogP contribution in [0.5, 0.6) is 5.75 Å². The molecule has 0 aromatic heterocycles. The minimum absolute atomic E-state index is 0.216. The number of halogens is 3. The van der Waals surface area contributed by atoms with Crippen molar-refractivity contribution in [3.05, 3.63) is 29.6 Å². The summed E-state index contributed by atoms with van der Waals surface area (Å²) in [5.41, 5.74) is 0. The SMILES string of the molecule is CC(Oc1cc(F)c(F)cc1F)C1CCNCC1. The molecule has 0 bridgehead atoms. The first kappa shape index (κ1) is 13.2. The van der Waals surface area contributed by atoms with Gasteiger partial charge in [-0.3, -0.25) is 0 Å². The third-order valence-corrected chi connectivity index (χ3v) is 3.34. The molecule has 1 saturated heterocycles. The molecular weight excluding hydrogens is 243 g/mol. The quantitative estimate of drug-likeness (QED) is 0.843. The maximum absolute atomic E-state index is 13.4. The van der Waals surface area contributed by atoms with Gasteiger partial charge in [0.1, 0.15) is 0 Å². The Hall–Kier alpha value is -1.23. The van der Waals surface area contributed by atoms with Gasteiger partial charge in [-0.1, -0.05) is 0 Å². The lowest BCUT2D eigenvalue weighted by Crippen LogP contribution is -2.35. The third kappa shape index (κ3) is 2.96. The van der Waals surface area contributed by atoms with E-state index in [4.69, 9.17) is 4.74 Å². The first-order chi connectivity index (χ1) is 8.58. The molecule has 5 heteroatoms. The van der Waals surface area contributed by atoms with Crippen LogP contribution < -0.4 is 10.1 Å². The minimum Gasteiger partial charge on any atom is -0.487 e. The van der Waals surface area contributed by atoms with Crippen LogP contribution in [0.1, 0.15) is 19.8 Å². The topological polar surface area (TPSA) is 21.3 Å². The van der Waals surface area contributed by atoms with Crippen molar-refractivity contribution in [2.75, 3.05) is 13.1 Å². The van der Waals surface area contributed by atoms with Gasteiger partial charge in [-0.15, -0.1) is 0 Å². The van der Waals surface area contributed by atoms with Crippen molar-refractivity contribution in [1.29, 1.82) is 0 Å². The van der Waals surface area contributed by atoms with E-state index in [1.165, 1.54) is 0 Å². The molecule has 1 N–H and O–H groups in total. The lowest BCUT2D eigenvalue weighted by Gasteiger charge is -2.28. The van der Waals surface area contributed by atoms with Gasteiger partial charge in [-0.2, -0.15) is 0 Å². The number of rotatable bonds is 3. The number of nitrogens with one attached hydrogen (secondary N) is 1. The smallest absolute Gasteiger partial charge is 0.168 e. The van der Waals surface area contributed by atoms with Gasteiger partial charge in [-0.05, 0) is 38.8 Å². The van der Waals surface area contributed by atoms with Crippen molar-refractivity contribution in [3.8, 4) is 5.75 Å². The van der Waals surface area contributed by atoms with Crippen LogP contribution in [0, 0.1) is 23.4 Å². The van der Waals surface area contributed by atoms with E-state index in [9.17, 15) is 13.2 Å². The van der Waals surface area contributed by atoms with Crippen molar-refractivity contribution in [3.63, 3.8) is 0 Å². The summed E-state index contributed by atoms with van der Waals surface area (Å²) in [6.45, 7) is 3.63. The zero-order valence-electron chi connectivity index (χ0n) is 10.2. The van der Waals surface area contributed by atoms with Gasteiger partial charge in [0.05, 0.1) is 6.10 Å². The van der Waals surface area contributed by atoms with E-state index in [2.05, 4.69) is 5.32 Å². The second-order valence-corrected chi connectivity index (χ2v) is 4.61. The van der Waals surface area contributed by atoms with E-state index in [0.717, 1.165) is 32.0 Å². The van der Waals surface area contributed by atoms with E-state index >= 15 is 0 Å². The molecule has 0 radical (unpaired) electrons. The molecule has 1 aliphatic heterocycles. The summed E-state index contributed by atoms with van der Waals surface area (Å²) in [6, 6.07) is 1.28. The molecule has 2 rings (SSSR count). The van der Waals surface area contributed by atoms with Gasteiger partial charge in [0.25, 0.3) is 0 Å². The van der Waals surface area contributed by atoms with Crippen molar-refractivity contribution >= 4 is 0 Å². The van der Waals surface area contributed by atoms with E-state index < -0.39 is 17.5 Å². The highest BCUT2D eigenvalue weighted by Gasteiger charge is 2.22. The van der Waals surface area contributed by atoms with Crippen LogP contribution in [0.4, 0.5) is 13.2 Å². The Morgan fingerprint density at radius 1 is 1.11 bits per heavy atom. The zero-order chi connectivity index (χ0) is 13.1. The molecule has 0 amide bonds. The van der Waals surface area contributed by atoms with E-state index in [0.29, 0.717) is 12.0 Å². The summed E-state index contributed by atoms with van der Waals surface area (Å²) in [4.78, 5) is 0. The van der Waals surface area contributed by atoms with Crippen LogP contribution in [0.25, 0.3) is 0 Å². The van der Waals surface area contributed by atoms with Crippen molar-refractivity contribution < 1.29 is 17.9 Å². The summed E-state index contributed by atoms with van der Waals surface area (Å²) in [6.07, 6.45) is 1.66. The number of ether oxygens (including phenoxy) is 1. The van der Waals surface area contributed by atoms with Crippen molar-refractivity contribution in [1.82, 2.24) is 5.32 Å². The molecule has 1 unspecified atom stereocenters. The molecule has 1 aromatic rings. The van der Waals surface area contributed by atoms with Crippen molar-refractivity contribution in [2.24, 2.45) is 5.92 Å². The number of hydrogen-bond donors (Lipinski definition) is 1. The largest absolute Gasteiger partial charge is 0.487 e. The van der Waals surface area contributed by atoms with E-state index in [-0.39, 0.29) is 11.9 Å². The highest BCUT2D eigenvalue weighted by Crippen LogP contribution is 2.25. The molecule has 0 saturated carbocycles. The number of piperidine rings is 1. The Morgan fingerprint density at radius 2 is 1.72 bits per heavy atom. The highest BCUT2D eigenvalue weighted by atomic mass is 19.2. The van der Waals surface area contributed by atoms with Crippen LogP contribution >= 0.6 is 0 Å². The lowest BCUT2D eigenvalue weighted by atomic mass is 9.93. The molecule has 100 valence electrons. The fourth-order valence-corrected chi connectivity index (χ4v) is 2.20. The number of hydrogen-bond acceptors (Lipinski definition) is 2. The summed E-state index contributed by atoms with van der Waals surface area (Å²) >= 11 is 0. The summed E-state index contributed by atoms with van der Waals surface area (Å²) in [5.74, 6) is -3.08. The van der Waals surface area contributed by atoms with Gasteiger partial charge in [-0.25, -0.2) is 13.2 Å². The summed E-state index contributed by atoms with van der Waals surface area (Å²) in [7, 11) is 0. The van der Waals surface area contributed by atoms with Crippen LogP contribution in [0.2, 0.25) is 0 Å². The first-order valence-corrected chi connectivity index (χ1v) is 6.10. The molecule has 1 aliphatic rings. The second-order valence-electron chi connectivity index (χ2n) is 4.61. The number of benzene rings is 1. The molecule has 18 heavy (non-hydrogen) atoms. The van der Waals surface area contributed by atoms with Gasteiger partial charge < -0.3 is 10.1 Å². The standard InChI is InChI=1S/C13H16F3NO/c1-8(9-2-4-17-5-3-9)18-13-7-11(15)10(14)6-12(13)16/h6-9,17H,2-5H2,1H3. The van der Waals surface area contributed by atoms with Gasteiger partial charge in [0.2, 0.25) is 0 Å². The molecule has 0 aliphatic carbocycles. The Balaban J connectivity index is 2.06. The van der Waals surface area contributed by atoms with Crippen molar-refractivity contribution in [2.45, 2.75) is 25.9 Å². The van der Waals surface area contributed by atoms with E-state index in [1.54, 1.807) is 0 Å². The second kappa shape index (κ2) is 5.61. The third-order valence-electron chi connectivity index (χ3n) is 3.34. The Bertz CT molecular complexity index is 419. The van der Waals surface area contributed by atoms with Crippen LogP contribution in [-0.4, -0.2) is 19.2 Å². The maximum Gasteiger partial charge on any atom is 0.168 e. The molecule has 2 nitrogen and oxygen atoms in total. The Kier molecular flexibility index (Phi) is 4.11. The average molecular weight is 259 g/mol. The van der Waals surface area contributed by atoms with Crippen LogP contribution in [0.3, 0.4) is 0 Å². The van der Waals surface area contributed by atoms with E-state index in [1.807, 2.05) is 6.92 Å². The minimum atomic E-state index is -1.20. The first-order valence-electron chi connectivity index (χ1n) is 6.10. The summed E-state index contributed by atoms with van der Waals surface area (Å²) < 4.78 is 44.6. The monoisotopic (exact) mass is 259 g/mol. The molecule has 1 atom stereocenters. The molecular formula is C13H16F3NO. The molecule has 0 spiro atoms. The zero-order valence-corrected chi connectivity index (χ0v) is 10.2. The average Bonchev–Trinajstić information content (AvgIpc) is 2.37. The lowest BCUT2D eigenvalue weighted by molar-refractivity contribution is 0.122. The van der Waals surface area contributed by atoms with Gasteiger partial charge in [0.15, 0.2) is 23.2 Å². The predicted octanol–water partition coefficient (Wildman–Crippen LogP) is 2.87. The predicted molar refractivity (Wildman–Crippen MR) is 62.0 cm³/mol. The normalized spacial score (nSPS) is 18.7.